The van der Waals surface area contributed by atoms with E-state index < -0.39 is 3.18 Å². The van der Waals surface area contributed by atoms with E-state index in [9.17, 15) is 4.57 Å². The van der Waals surface area contributed by atoms with E-state index in [4.69, 9.17) is 4.89 Å². The van der Waals surface area contributed by atoms with Crippen LogP contribution in [-0.4, -0.2) is 30.1 Å². The van der Waals surface area contributed by atoms with Crippen molar-refractivity contribution in [1.29, 1.82) is 0 Å². The normalized spacial score (nSPS) is 17.8. The van der Waals surface area contributed by atoms with Crippen LogP contribution in [0.15, 0.2) is 0 Å². The van der Waals surface area contributed by atoms with Crippen LogP contribution < -0.4 is 0 Å². The Morgan fingerprint density at radius 3 is 1.83 bits per heavy atom. The number of hydrogen-bond donors (Lipinski definition) is 1. The van der Waals surface area contributed by atoms with Gasteiger partial charge in [0.25, 0.3) is 0 Å². The van der Waals surface area contributed by atoms with Crippen molar-refractivity contribution in [2.75, 3.05) is 0 Å². The first-order valence-corrected chi connectivity index (χ1v) is 9.90. The summed E-state index contributed by atoms with van der Waals surface area (Å²) in [6, 6.07) is 0. The van der Waals surface area contributed by atoms with Crippen LogP contribution in [0.2, 0.25) is 0 Å². The monoisotopic (exact) mass is 380 g/mol. The van der Waals surface area contributed by atoms with Gasteiger partial charge < -0.3 is 0 Å². The quantitative estimate of drug-likeness (QED) is 0.457. The van der Waals surface area contributed by atoms with E-state index in [0.717, 1.165) is 0 Å². The molecule has 0 bridgehead atoms. The van der Waals surface area contributed by atoms with Gasteiger partial charge in [0.1, 0.15) is 0 Å². The molecule has 0 aliphatic rings. The second-order valence-electron chi connectivity index (χ2n) is 0.529. The molecule has 0 aromatic rings. The molecular weight excluding hydrogens is 377 g/mol. The van der Waals surface area contributed by atoms with Gasteiger partial charge in [-0.1, -0.05) is 0 Å². The minimum atomic E-state index is -2.72. The molecule has 0 heterocycles. The third-order valence-corrected chi connectivity index (χ3v) is 0. The summed E-state index contributed by atoms with van der Waals surface area (Å²) in [4.78, 5) is 8.04. The molecule has 0 spiro atoms. The topological polar surface area (TPSA) is 37.3 Å². The minimum Gasteiger partial charge on any atom is 0 e. The molecule has 6 heavy (non-hydrogen) atoms. The first kappa shape index (κ1) is 11.1. The Hall–Kier alpha value is 2.22. The van der Waals surface area contributed by atoms with Gasteiger partial charge in [-0.3, -0.25) is 0 Å². The molecule has 0 saturated carbocycles. The van der Waals surface area contributed by atoms with Crippen LogP contribution in [0.25, 0.3) is 0 Å². The van der Waals surface area contributed by atoms with Crippen LogP contribution in [0.5, 0.6) is 0 Å². The fourth-order valence-electron chi connectivity index (χ4n) is 0. The molecule has 1 N–H and O–H groups in total. The predicted octanol–water partition coefficient (Wildman–Crippen LogP) is -0.468. The summed E-state index contributed by atoms with van der Waals surface area (Å²) in [5.41, 5.74) is 0. The zero-order chi connectivity index (χ0) is 4.50. The summed E-state index contributed by atoms with van der Waals surface area (Å²) in [7, 11) is 0. The Labute approximate surface area is 71.1 Å². The van der Waals surface area contributed by atoms with Crippen molar-refractivity contribution in [2.45, 2.75) is 0 Å². The maximum absolute atomic E-state index is 9.73. The molecule has 1 unspecified atom stereocenters. The van der Waals surface area contributed by atoms with Crippen molar-refractivity contribution < 1.29 is 43.6 Å². The van der Waals surface area contributed by atoms with Gasteiger partial charge in [0.2, 0.25) is 0 Å². The minimum absolute atomic E-state index is 0. The molecular formula is H2FeO2PPbV. The van der Waals surface area contributed by atoms with Gasteiger partial charge >= 0.3 is 53.4 Å². The van der Waals surface area contributed by atoms with Gasteiger partial charge in [-0.15, -0.1) is 0 Å². The van der Waals surface area contributed by atoms with E-state index in [-0.39, 0.29) is 43.7 Å². The van der Waals surface area contributed by atoms with Crippen LogP contribution in [0.1, 0.15) is 0 Å². The zero-order valence-corrected chi connectivity index (χ0v) is 10.6. The van der Waals surface area contributed by atoms with Gasteiger partial charge in [0, 0.05) is 18.6 Å². The third kappa shape index (κ3) is 34.4. The SMILES string of the molecule is O=[P](O)([Fe])[PbH].[V]. The molecule has 0 aromatic carbocycles. The summed E-state index contributed by atoms with van der Waals surface area (Å²) >= 11 is 3.09. The Kier molecular flexibility index (Phi) is 7.62. The van der Waals surface area contributed by atoms with Crippen molar-refractivity contribution in [1.82, 2.24) is 0 Å². The van der Waals surface area contributed by atoms with Crippen LogP contribution in [0, 0.1) is 0 Å². The van der Waals surface area contributed by atoms with Gasteiger partial charge in [0.05, 0.1) is 0 Å². The van der Waals surface area contributed by atoms with Crippen molar-refractivity contribution in [3.05, 3.63) is 0 Å². The maximum Gasteiger partial charge on any atom is 0 e. The zero-order valence-electron chi connectivity index (χ0n) is 2.68. The molecule has 0 rings (SSSR count). The second kappa shape index (κ2) is 4.13. The van der Waals surface area contributed by atoms with Crippen molar-refractivity contribution in [3.63, 3.8) is 0 Å². The molecule has 2 nitrogen and oxygen atoms in total. The second-order valence-corrected chi connectivity index (χ2v) is 17.6. The van der Waals surface area contributed by atoms with Crippen molar-refractivity contribution >= 4 is 28.3 Å². The number of rotatable bonds is 0. The van der Waals surface area contributed by atoms with Crippen LogP contribution in [0.3, 0.4) is 0 Å². The molecule has 0 aromatic heterocycles. The van der Waals surface area contributed by atoms with E-state index >= 15 is 0 Å². The molecule has 0 amide bonds. The van der Waals surface area contributed by atoms with E-state index in [2.05, 4.69) is 15.6 Å². The molecule has 1 atom stereocenters. The first-order valence-electron chi connectivity index (χ1n) is 0.799. The van der Waals surface area contributed by atoms with Gasteiger partial charge in [-0.2, -0.15) is 0 Å². The van der Waals surface area contributed by atoms with Gasteiger partial charge in [-0.05, 0) is 0 Å². The largest absolute Gasteiger partial charge is 0 e. The summed E-state index contributed by atoms with van der Waals surface area (Å²) in [5, 5.41) is 0. The van der Waals surface area contributed by atoms with Crippen molar-refractivity contribution in [2.24, 2.45) is 0 Å². The summed E-state index contributed by atoms with van der Waals surface area (Å²) < 4.78 is 7.01. The molecule has 0 saturated heterocycles. The summed E-state index contributed by atoms with van der Waals surface area (Å²) in [5.74, 6) is 0. The first-order chi connectivity index (χ1) is 2.00. The van der Waals surface area contributed by atoms with E-state index in [0.29, 0.717) is 0 Å². The van der Waals surface area contributed by atoms with Crippen LogP contribution in [0.4, 0.5) is 0 Å². The Morgan fingerprint density at radius 1 is 1.83 bits per heavy atom. The molecule has 36 valence electrons. The average Bonchev–Trinajstić information content (AvgIpc) is 0.722. The Morgan fingerprint density at radius 2 is 1.83 bits per heavy atom. The van der Waals surface area contributed by atoms with Crippen LogP contribution >= 0.6 is 3.18 Å². The predicted molar refractivity (Wildman–Crippen MR) is 17.0 cm³/mol. The fraction of sp³-hybridized carbons (Fsp3) is 0. The molecule has 3 radical (unpaired) electrons. The van der Waals surface area contributed by atoms with Crippen LogP contribution in [-0.2, 0) is 38.7 Å². The average molecular weight is 379 g/mol. The maximum atomic E-state index is 9.73. The van der Waals surface area contributed by atoms with E-state index in [1.807, 2.05) is 0 Å². The Bertz CT molecular complexity index is 59.7. The summed E-state index contributed by atoms with van der Waals surface area (Å²) in [6.45, 7) is 0. The molecule has 6 heteroatoms. The molecule has 0 aliphatic heterocycles. The molecule has 0 fully saturated rings. The Balaban J connectivity index is 0. The van der Waals surface area contributed by atoms with Crippen molar-refractivity contribution in [3.8, 4) is 0 Å². The van der Waals surface area contributed by atoms with E-state index in [1.165, 1.54) is 0 Å². The third-order valence-electron chi connectivity index (χ3n) is 0. The van der Waals surface area contributed by atoms with Gasteiger partial charge in [-0.25, -0.2) is 0 Å². The smallest absolute Gasteiger partial charge is 0 e. The molecule has 0 aliphatic carbocycles. The number of hydrogen-bond acceptors (Lipinski definition) is 1. The standard InChI is InChI=1S/Fe.HO2P.Pb.V.H/c;1-3-2;;;/h;(H,1,2);;;. The van der Waals surface area contributed by atoms with E-state index in [1.54, 1.807) is 0 Å². The fourth-order valence-corrected chi connectivity index (χ4v) is 0. The summed E-state index contributed by atoms with van der Waals surface area (Å²) in [6.07, 6.45) is 0. The van der Waals surface area contributed by atoms with Gasteiger partial charge in [0.15, 0.2) is 0 Å².